The van der Waals surface area contributed by atoms with Gasteiger partial charge in [-0.1, -0.05) is 91.0 Å². The van der Waals surface area contributed by atoms with Crippen LogP contribution in [0.15, 0.2) is 133 Å². The Balaban J connectivity index is 1.53. The predicted octanol–water partition coefficient (Wildman–Crippen LogP) is 3.68. The quantitative estimate of drug-likeness (QED) is 0.387. The molecule has 4 nitrogen and oxygen atoms in total. The van der Waals surface area contributed by atoms with Gasteiger partial charge >= 0.3 is 6.75 Å². The van der Waals surface area contributed by atoms with E-state index in [2.05, 4.69) is 141 Å². The molecule has 1 atom stereocenters. The zero-order valence-electron chi connectivity index (χ0n) is 20.5. The van der Waals surface area contributed by atoms with Gasteiger partial charge in [0.1, 0.15) is 0 Å². The molecular formula is C33H22BN3O. The van der Waals surface area contributed by atoms with Crippen molar-refractivity contribution in [2.45, 2.75) is 0 Å². The molecule has 0 saturated carbocycles. The molecule has 1 unspecified atom stereocenters. The van der Waals surface area contributed by atoms with Crippen molar-refractivity contribution in [1.82, 2.24) is 8.96 Å². The van der Waals surface area contributed by atoms with Crippen molar-refractivity contribution < 1.29 is 9.51 Å². The van der Waals surface area contributed by atoms with E-state index in [4.69, 9.17) is 0 Å². The molecule has 178 valence electrons. The van der Waals surface area contributed by atoms with Crippen molar-refractivity contribution >= 4 is 29.2 Å². The van der Waals surface area contributed by atoms with Gasteiger partial charge in [-0.15, -0.1) is 0 Å². The van der Waals surface area contributed by atoms with Crippen LogP contribution >= 0.6 is 0 Å². The fourth-order valence-corrected chi connectivity index (χ4v) is 7.13. The van der Waals surface area contributed by atoms with E-state index in [0.717, 1.165) is 66.9 Å². The lowest BCUT2D eigenvalue weighted by Gasteiger charge is -2.45. The van der Waals surface area contributed by atoms with Crippen LogP contribution in [0, 0.1) is 0 Å². The molecule has 4 aliphatic rings. The first-order valence-corrected chi connectivity index (χ1v) is 13.1. The molecule has 0 amide bonds. The SMILES string of the molecule is O[B-]12n3c4ccc3C(c3ccccc3)=c3ccc(n31)=C(c1ccccc1)C1=[N+]2C(=C4c2ccccc2)C=C1. The molecule has 38 heavy (non-hydrogen) atoms. The molecule has 0 aliphatic carbocycles. The van der Waals surface area contributed by atoms with Gasteiger partial charge in [0.15, 0.2) is 11.4 Å². The zero-order chi connectivity index (χ0) is 25.0. The van der Waals surface area contributed by atoms with Crippen molar-refractivity contribution in [2.75, 3.05) is 0 Å². The van der Waals surface area contributed by atoms with Crippen LogP contribution in [-0.2, 0) is 0 Å². The molecule has 1 N–H and O–H groups in total. The smallest absolute Gasteiger partial charge is 0.505 e. The lowest BCUT2D eigenvalue weighted by Crippen LogP contribution is -2.72. The summed E-state index contributed by atoms with van der Waals surface area (Å²) in [4.78, 5) is 0. The van der Waals surface area contributed by atoms with Crippen molar-refractivity contribution in [2.24, 2.45) is 0 Å². The third-order valence-corrected chi connectivity index (χ3v) is 8.52. The summed E-state index contributed by atoms with van der Waals surface area (Å²) < 4.78 is 6.58. The first-order chi connectivity index (χ1) is 18.8. The van der Waals surface area contributed by atoms with Crippen LogP contribution in [0.2, 0.25) is 0 Å². The molecule has 6 heterocycles. The van der Waals surface area contributed by atoms with Crippen molar-refractivity contribution in [1.29, 1.82) is 0 Å². The second-order valence-corrected chi connectivity index (χ2v) is 10.3. The molecule has 0 bridgehead atoms. The minimum Gasteiger partial charge on any atom is -0.505 e. The van der Waals surface area contributed by atoms with Crippen LogP contribution in [0.4, 0.5) is 0 Å². The fraction of sp³-hybridized carbons (Fsp3) is 0. The summed E-state index contributed by atoms with van der Waals surface area (Å²) in [5, 5.41) is 15.1. The van der Waals surface area contributed by atoms with Crippen LogP contribution in [0.3, 0.4) is 0 Å². The number of benzene rings is 3. The highest BCUT2D eigenvalue weighted by molar-refractivity contribution is 6.65. The van der Waals surface area contributed by atoms with Crippen LogP contribution in [0.5, 0.6) is 0 Å². The Hall–Kier alpha value is -4.87. The minimum atomic E-state index is -2.36. The van der Waals surface area contributed by atoms with E-state index in [1.165, 1.54) is 0 Å². The third kappa shape index (κ3) is 2.25. The van der Waals surface area contributed by atoms with Crippen molar-refractivity contribution in [3.05, 3.63) is 172 Å². The Morgan fingerprint density at radius 1 is 0.500 bits per heavy atom. The Bertz CT molecular complexity index is 2060. The van der Waals surface area contributed by atoms with Gasteiger partial charge < -0.3 is 18.5 Å². The lowest BCUT2D eigenvalue weighted by atomic mass is 9.70. The Morgan fingerprint density at radius 3 is 1.61 bits per heavy atom. The van der Waals surface area contributed by atoms with Gasteiger partial charge in [0.2, 0.25) is 0 Å². The number of hydrogen-bond donors (Lipinski definition) is 1. The first-order valence-electron chi connectivity index (χ1n) is 13.1. The molecule has 0 fully saturated rings. The van der Waals surface area contributed by atoms with E-state index in [-0.39, 0.29) is 0 Å². The van der Waals surface area contributed by atoms with E-state index in [1.807, 2.05) is 0 Å². The molecule has 9 rings (SSSR count). The number of rotatable bonds is 3. The molecule has 4 aliphatic heterocycles. The molecular weight excluding hydrogens is 465 g/mol. The zero-order valence-corrected chi connectivity index (χ0v) is 20.5. The predicted molar refractivity (Wildman–Crippen MR) is 151 cm³/mol. The summed E-state index contributed by atoms with van der Waals surface area (Å²) in [6, 6.07) is 40.3. The highest BCUT2D eigenvalue weighted by atomic mass is 16.3. The molecule has 0 radical (unpaired) electrons. The Morgan fingerprint density at radius 2 is 1.00 bits per heavy atom. The molecule has 5 heteroatoms. The molecule has 0 spiro atoms. The maximum Gasteiger partial charge on any atom is 0.630 e. The standard InChI is InChI=1S/C33H22BN3O/c38-34-35-25-16-18-27(35)32(23-12-6-2-7-13-23)29-20-21-30(37(29)34)33(24-14-8-3-9-15-24)28-19-17-26(36(28)34)31(25)22-10-4-1-5-11-22/h1-21,38H. The number of hydrogen-bond acceptors (Lipinski definition) is 1. The Kier molecular flexibility index (Phi) is 3.68. The maximum absolute atomic E-state index is 13.1. The minimum absolute atomic E-state index is 1.03. The lowest BCUT2D eigenvalue weighted by molar-refractivity contribution is -0.359. The highest BCUT2D eigenvalue weighted by Gasteiger charge is 2.57. The highest BCUT2D eigenvalue weighted by Crippen LogP contribution is 2.43. The topological polar surface area (TPSA) is 33.1 Å². The van der Waals surface area contributed by atoms with E-state index in [0.29, 0.717) is 0 Å². The van der Waals surface area contributed by atoms with E-state index in [9.17, 15) is 5.02 Å². The van der Waals surface area contributed by atoms with Gasteiger partial charge in [-0.3, -0.25) is 0 Å². The normalized spacial score (nSPS) is 19.9. The molecule has 5 aromatic rings. The average molecular weight is 487 g/mol. The second kappa shape index (κ2) is 6.91. The Labute approximate surface area is 219 Å². The van der Waals surface area contributed by atoms with Crippen molar-refractivity contribution in [3.8, 4) is 0 Å². The summed E-state index contributed by atoms with van der Waals surface area (Å²) in [5.74, 6) is 0. The molecule has 2 aromatic heterocycles. The number of aromatic nitrogens is 2. The number of allylic oxidation sites excluding steroid dienone is 2. The third-order valence-electron chi connectivity index (χ3n) is 8.52. The van der Waals surface area contributed by atoms with Gasteiger partial charge in [0, 0.05) is 39.8 Å². The average Bonchev–Trinajstić information content (AvgIpc) is 3.71. The van der Waals surface area contributed by atoms with E-state index in [1.54, 1.807) is 0 Å². The van der Waals surface area contributed by atoms with Crippen LogP contribution in [0.25, 0.3) is 16.7 Å². The summed E-state index contributed by atoms with van der Waals surface area (Å²) in [5.41, 5.74) is 11.0. The first kappa shape index (κ1) is 20.2. The summed E-state index contributed by atoms with van der Waals surface area (Å²) >= 11 is 0. The van der Waals surface area contributed by atoms with E-state index >= 15 is 0 Å². The van der Waals surface area contributed by atoms with Crippen molar-refractivity contribution in [3.63, 3.8) is 0 Å². The maximum atomic E-state index is 13.1. The number of nitrogens with zero attached hydrogens (tertiary/aromatic N) is 3. The molecule has 0 saturated heterocycles. The summed E-state index contributed by atoms with van der Waals surface area (Å²) in [6.45, 7) is -2.36. The van der Waals surface area contributed by atoms with Gasteiger partial charge in [-0.2, -0.15) is 0 Å². The fourth-order valence-electron chi connectivity index (χ4n) is 7.13. The monoisotopic (exact) mass is 487 g/mol. The molecule has 3 aromatic carbocycles. The van der Waals surface area contributed by atoms with Crippen LogP contribution in [0.1, 0.15) is 28.1 Å². The summed E-state index contributed by atoms with van der Waals surface area (Å²) in [7, 11) is 0. The second-order valence-electron chi connectivity index (χ2n) is 10.3. The largest absolute Gasteiger partial charge is 0.630 e. The van der Waals surface area contributed by atoms with Crippen LogP contribution in [-0.4, -0.2) is 30.9 Å². The van der Waals surface area contributed by atoms with Gasteiger partial charge in [-0.25, -0.2) is 0 Å². The van der Waals surface area contributed by atoms with Gasteiger partial charge in [0.25, 0.3) is 0 Å². The van der Waals surface area contributed by atoms with Gasteiger partial charge in [-0.05, 0) is 41.0 Å². The van der Waals surface area contributed by atoms with Gasteiger partial charge in [0.05, 0.1) is 11.1 Å². The summed E-state index contributed by atoms with van der Waals surface area (Å²) in [6.07, 6.45) is 4.36. The van der Waals surface area contributed by atoms with Crippen LogP contribution < -0.4 is 10.7 Å². The van der Waals surface area contributed by atoms with E-state index < -0.39 is 6.75 Å².